The van der Waals surface area contributed by atoms with Gasteiger partial charge in [-0.2, -0.15) is 5.10 Å². The highest BCUT2D eigenvalue weighted by atomic mass is 32.1. The summed E-state index contributed by atoms with van der Waals surface area (Å²) in [5.74, 6) is -1.25. The molecule has 150 valence electrons. The Morgan fingerprint density at radius 2 is 2.04 bits per heavy atom. The predicted molar refractivity (Wildman–Crippen MR) is 102 cm³/mol. The fourth-order valence-corrected chi connectivity index (χ4v) is 3.73. The summed E-state index contributed by atoms with van der Waals surface area (Å²) in [5.41, 5.74) is 0.849. The zero-order valence-electron chi connectivity index (χ0n) is 15.9. The molecule has 0 radical (unpaired) electrons. The molecule has 28 heavy (non-hydrogen) atoms. The van der Waals surface area contributed by atoms with Crippen LogP contribution in [0.15, 0.2) is 6.20 Å². The van der Waals surface area contributed by atoms with Gasteiger partial charge in [0.15, 0.2) is 5.78 Å². The van der Waals surface area contributed by atoms with Gasteiger partial charge in [-0.15, -0.1) is 11.3 Å². The number of amides is 1. The number of anilines is 1. The highest BCUT2D eigenvalue weighted by molar-refractivity contribution is 7.18. The number of esters is 1. The number of nitrogens with one attached hydrogen (secondary N) is 1. The van der Waals surface area contributed by atoms with Crippen molar-refractivity contribution in [2.45, 2.75) is 40.7 Å². The molecule has 1 amide bonds. The first-order valence-electron chi connectivity index (χ1n) is 8.45. The minimum absolute atomic E-state index is 0.0196. The van der Waals surface area contributed by atoms with E-state index in [1.807, 2.05) is 0 Å². The highest BCUT2D eigenvalue weighted by Gasteiger charge is 2.25. The smallest absolute Gasteiger partial charge is 0.341 e. The molecule has 0 aliphatic carbocycles. The lowest BCUT2D eigenvalue weighted by molar-refractivity contribution is -0.385. The van der Waals surface area contributed by atoms with E-state index in [4.69, 9.17) is 4.74 Å². The van der Waals surface area contributed by atoms with Gasteiger partial charge >= 0.3 is 11.7 Å². The van der Waals surface area contributed by atoms with Gasteiger partial charge in [-0.3, -0.25) is 24.4 Å². The Morgan fingerprint density at radius 1 is 1.36 bits per heavy atom. The van der Waals surface area contributed by atoms with E-state index in [2.05, 4.69) is 10.4 Å². The third-order valence-electron chi connectivity index (χ3n) is 4.02. The summed E-state index contributed by atoms with van der Waals surface area (Å²) in [4.78, 5) is 47.1. The third kappa shape index (κ3) is 4.42. The molecule has 0 atom stereocenters. The van der Waals surface area contributed by atoms with Crippen LogP contribution in [0.5, 0.6) is 0 Å². The topological polar surface area (TPSA) is 133 Å². The molecular formula is C17H20N4O6S. The molecule has 11 heteroatoms. The molecule has 0 spiro atoms. The van der Waals surface area contributed by atoms with Crippen LogP contribution in [-0.2, 0) is 16.1 Å². The first-order chi connectivity index (χ1) is 13.2. The number of Topliss-reactive ketones (excluding diaryl/α,β-unsaturated/α-hetero) is 1. The molecule has 0 aromatic carbocycles. The largest absolute Gasteiger partial charge is 0.462 e. The van der Waals surface area contributed by atoms with E-state index in [0.29, 0.717) is 16.1 Å². The van der Waals surface area contributed by atoms with Gasteiger partial charge in [0.1, 0.15) is 16.9 Å². The lowest BCUT2D eigenvalue weighted by Crippen LogP contribution is -2.17. The van der Waals surface area contributed by atoms with Crippen molar-refractivity contribution in [1.82, 2.24) is 9.78 Å². The maximum absolute atomic E-state index is 12.3. The number of aryl methyl sites for hydroxylation is 1. The Balaban J connectivity index is 2.17. The molecule has 0 saturated heterocycles. The summed E-state index contributed by atoms with van der Waals surface area (Å²) in [6, 6.07) is 0. The average molecular weight is 408 g/mol. The summed E-state index contributed by atoms with van der Waals surface area (Å²) in [7, 11) is 0. The number of hydrogen-bond donors (Lipinski definition) is 1. The summed E-state index contributed by atoms with van der Waals surface area (Å²) < 4.78 is 6.39. The van der Waals surface area contributed by atoms with Crippen LogP contribution in [0.25, 0.3) is 0 Å². The third-order valence-corrected chi connectivity index (χ3v) is 5.33. The van der Waals surface area contributed by atoms with Crippen LogP contribution >= 0.6 is 11.3 Å². The van der Waals surface area contributed by atoms with Crippen molar-refractivity contribution >= 4 is 39.7 Å². The number of hydrogen-bond acceptors (Lipinski definition) is 8. The highest BCUT2D eigenvalue weighted by Crippen LogP contribution is 2.34. The molecule has 0 bridgehead atoms. The van der Waals surface area contributed by atoms with Gasteiger partial charge < -0.3 is 10.1 Å². The fourth-order valence-electron chi connectivity index (χ4n) is 2.62. The molecule has 2 aromatic rings. The first kappa shape index (κ1) is 21.2. The van der Waals surface area contributed by atoms with Crippen molar-refractivity contribution in [3.05, 3.63) is 38.0 Å². The van der Waals surface area contributed by atoms with Crippen LogP contribution in [0, 0.1) is 24.0 Å². The Hall–Kier alpha value is -3.08. The number of carbonyl (C=O) groups excluding carboxylic acids is 3. The quantitative estimate of drug-likeness (QED) is 0.307. The molecule has 0 aliphatic heterocycles. The minimum atomic E-state index is -0.613. The van der Waals surface area contributed by atoms with Crippen LogP contribution in [0.4, 0.5) is 10.7 Å². The van der Waals surface area contributed by atoms with Crippen molar-refractivity contribution in [3.8, 4) is 0 Å². The Kier molecular flexibility index (Phi) is 6.62. The second kappa shape index (κ2) is 8.74. The number of carbonyl (C=O) groups is 3. The van der Waals surface area contributed by atoms with Crippen LogP contribution in [-0.4, -0.2) is 39.0 Å². The SMILES string of the molecule is CCOC(=O)c1c(NC(=O)CCn2ncc([N+](=O)[O-])c2C)sc(C(C)=O)c1C. The second-order valence-electron chi connectivity index (χ2n) is 5.93. The standard InChI is InChI=1S/C17H20N4O6S/c1-5-27-17(24)14-9(2)15(11(4)22)28-16(14)19-13(23)6-7-20-10(3)12(8-18-20)21(25)26/h8H,5-7H2,1-4H3,(H,19,23). The summed E-state index contributed by atoms with van der Waals surface area (Å²) in [6.45, 7) is 6.51. The summed E-state index contributed by atoms with van der Waals surface area (Å²) in [5, 5.41) is 17.6. The number of rotatable bonds is 8. The van der Waals surface area contributed by atoms with E-state index in [1.165, 1.54) is 11.6 Å². The molecule has 2 aromatic heterocycles. The molecule has 0 saturated carbocycles. The van der Waals surface area contributed by atoms with E-state index in [-0.39, 0.29) is 41.6 Å². The molecule has 2 rings (SSSR count). The van der Waals surface area contributed by atoms with Gasteiger partial charge in [-0.05, 0) is 33.3 Å². The monoisotopic (exact) mass is 408 g/mol. The van der Waals surface area contributed by atoms with Gasteiger partial charge in [0.2, 0.25) is 5.91 Å². The van der Waals surface area contributed by atoms with E-state index in [9.17, 15) is 24.5 Å². The van der Waals surface area contributed by atoms with Crippen LogP contribution in [0.3, 0.4) is 0 Å². The molecular weight excluding hydrogens is 388 g/mol. The number of ketones is 1. The molecule has 0 fully saturated rings. The van der Waals surface area contributed by atoms with Gasteiger partial charge in [-0.1, -0.05) is 0 Å². The molecule has 1 N–H and O–H groups in total. The van der Waals surface area contributed by atoms with Gasteiger partial charge in [0.25, 0.3) is 0 Å². The average Bonchev–Trinajstić information content (AvgIpc) is 3.13. The zero-order chi connectivity index (χ0) is 21.0. The van der Waals surface area contributed by atoms with Crippen LogP contribution in [0.1, 0.15) is 51.6 Å². The van der Waals surface area contributed by atoms with Crippen molar-refractivity contribution in [2.24, 2.45) is 0 Å². The van der Waals surface area contributed by atoms with Crippen molar-refractivity contribution < 1.29 is 24.0 Å². The van der Waals surface area contributed by atoms with Crippen molar-refractivity contribution in [1.29, 1.82) is 0 Å². The minimum Gasteiger partial charge on any atom is -0.462 e. The zero-order valence-corrected chi connectivity index (χ0v) is 16.7. The van der Waals surface area contributed by atoms with Crippen LogP contribution in [0.2, 0.25) is 0 Å². The number of nitrogens with zero attached hydrogens (tertiary/aromatic N) is 3. The van der Waals surface area contributed by atoms with Gasteiger partial charge in [0, 0.05) is 6.42 Å². The maximum atomic E-state index is 12.3. The Bertz CT molecular complexity index is 946. The molecule has 10 nitrogen and oxygen atoms in total. The van der Waals surface area contributed by atoms with E-state index >= 15 is 0 Å². The van der Waals surface area contributed by atoms with E-state index in [0.717, 1.165) is 17.5 Å². The first-order valence-corrected chi connectivity index (χ1v) is 9.27. The van der Waals surface area contributed by atoms with E-state index < -0.39 is 16.8 Å². The number of ether oxygens (including phenoxy) is 1. The summed E-state index contributed by atoms with van der Waals surface area (Å²) >= 11 is 1.02. The number of nitro groups is 1. The molecule has 0 aliphatic rings. The number of aromatic nitrogens is 2. The summed E-state index contributed by atoms with van der Waals surface area (Å²) in [6.07, 6.45) is 1.11. The van der Waals surface area contributed by atoms with E-state index in [1.54, 1.807) is 20.8 Å². The van der Waals surface area contributed by atoms with Gasteiger partial charge in [-0.25, -0.2) is 4.79 Å². The Labute approximate surface area is 164 Å². The van der Waals surface area contributed by atoms with Crippen molar-refractivity contribution in [3.63, 3.8) is 0 Å². The maximum Gasteiger partial charge on any atom is 0.341 e. The second-order valence-corrected chi connectivity index (χ2v) is 6.95. The predicted octanol–water partition coefficient (Wildman–Crippen LogP) is 2.88. The van der Waals surface area contributed by atoms with Crippen LogP contribution < -0.4 is 5.32 Å². The lowest BCUT2D eigenvalue weighted by atomic mass is 10.1. The number of thiophene rings is 1. The fraction of sp³-hybridized carbons (Fsp3) is 0.412. The molecule has 0 unspecified atom stereocenters. The van der Waals surface area contributed by atoms with Crippen molar-refractivity contribution in [2.75, 3.05) is 11.9 Å². The normalized spacial score (nSPS) is 10.6. The Morgan fingerprint density at radius 3 is 2.57 bits per heavy atom. The lowest BCUT2D eigenvalue weighted by Gasteiger charge is -2.08. The molecule has 2 heterocycles. The van der Waals surface area contributed by atoms with Gasteiger partial charge in [0.05, 0.1) is 28.5 Å².